The van der Waals surface area contributed by atoms with E-state index in [9.17, 15) is 4.79 Å². The van der Waals surface area contributed by atoms with Gasteiger partial charge < -0.3 is 15.4 Å². The van der Waals surface area contributed by atoms with Crippen molar-refractivity contribution in [2.45, 2.75) is 59.1 Å². The lowest BCUT2D eigenvalue weighted by Crippen LogP contribution is -2.45. The van der Waals surface area contributed by atoms with Gasteiger partial charge in [0, 0.05) is 5.70 Å². The van der Waals surface area contributed by atoms with Crippen molar-refractivity contribution in [3.8, 4) is 0 Å². The highest BCUT2D eigenvalue weighted by molar-refractivity contribution is 7.80. The molecule has 5 heteroatoms. The zero-order chi connectivity index (χ0) is 18.1. The maximum absolute atomic E-state index is 12.5. The maximum Gasteiger partial charge on any atom is 0.338 e. The Bertz CT molecular complexity index is 670. The summed E-state index contributed by atoms with van der Waals surface area (Å²) in [6.07, 6.45) is -0.171. The quantitative estimate of drug-likeness (QED) is 0.645. The molecule has 0 fully saturated rings. The molecule has 2 N–H and O–H groups in total. The molecule has 0 aromatic heterocycles. The molecule has 1 aliphatic heterocycles. The Balaban J connectivity index is 2.39. The van der Waals surface area contributed by atoms with Gasteiger partial charge >= 0.3 is 5.97 Å². The van der Waals surface area contributed by atoms with Crippen LogP contribution >= 0.6 is 12.2 Å². The summed E-state index contributed by atoms with van der Waals surface area (Å²) in [5.74, 6) is -0.324. The molecule has 1 aliphatic rings. The Morgan fingerprint density at radius 1 is 1.21 bits per heavy atom. The van der Waals surface area contributed by atoms with E-state index in [2.05, 4.69) is 43.5 Å². The molecule has 130 valence electrons. The number of allylic oxidation sites excluding steroid dienone is 1. The van der Waals surface area contributed by atoms with Crippen molar-refractivity contribution < 1.29 is 9.53 Å². The highest BCUT2D eigenvalue weighted by atomic mass is 32.1. The molecule has 0 saturated heterocycles. The van der Waals surface area contributed by atoms with Crippen LogP contribution in [0.4, 0.5) is 0 Å². The summed E-state index contributed by atoms with van der Waals surface area (Å²) >= 11 is 5.26. The number of nitrogens with one attached hydrogen (secondary N) is 2. The van der Waals surface area contributed by atoms with Crippen LogP contribution in [-0.2, 0) is 14.9 Å². The summed E-state index contributed by atoms with van der Waals surface area (Å²) in [4.78, 5) is 12.5. The standard InChI is InChI=1S/C19H26N2O2S/c1-11(2)23-17(22)15-12(3)20-18(24)21-16(15)13-7-9-14(10-8-13)19(4,5)6/h7-11,16H,1-6H3,(H2,20,21,24)/t16-/m0/s1. The molecule has 2 rings (SSSR count). The van der Waals surface area contributed by atoms with Crippen molar-refractivity contribution in [2.24, 2.45) is 0 Å². The third kappa shape index (κ3) is 4.15. The molecule has 4 nitrogen and oxygen atoms in total. The van der Waals surface area contributed by atoms with Crippen LogP contribution in [0.15, 0.2) is 35.5 Å². The van der Waals surface area contributed by atoms with Gasteiger partial charge in [-0.3, -0.25) is 0 Å². The molecule has 1 atom stereocenters. The molecule has 1 heterocycles. The van der Waals surface area contributed by atoms with Crippen molar-refractivity contribution in [3.63, 3.8) is 0 Å². The van der Waals surface area contributed by atoms with Gasteiger partial charge in [0.05, 0.1) is 17.7 Å². The zero-order valence-electron chi connectivity index (χ0n) is 15.2. The van der Waals surface area contributed by atoms with Gasteiger partial charge in [0.2, 0.25) is 0 Å². The Kier molecular flexibility index (Phi) is 5.33. The van der Waals surface area contributed by atoms with Crippen LogP contribution in [0.5, 0.6) is 0 Å². The van der Waals surface area contributed by atoms with Gasteiger partial charge in [-0.25, -0.2) is 4.79 Å². The van der Waals surface area contributed by atoms with Crippen molar-refractivity contribution in [3.05, 3.63) is 46.7 Å². The second-order valence-corrected chi connectivity index (χ2v) is 7.80. The number of hydrogen-bond acceptors (Lipinski definition) is 3. The Hall–Kier alpha value is -1.88. The molecule has 0 bridgehead atoms. The summed E-state index contributed by atoms with van der Waals surface area (Å²) in [6.45, 7) is 12.1. The van der Waals surface area contributed by atoms with Crippen molar-refractivity contribution in [1.82, 2.24) is 10.6 Å². The van der Waals surface area contributed by atoms with Crippen LogP contribution in [0, 0.1) is 0 Å². The third-order valence-corrected chi connectivity index (χ3v) is 4.16. The van der Waals surface area contributed by atoms with Crippen LogP contribution in [0.2, 0.25) is 0 Å². The molecule has 0 saturated carbocycles. The second kappa shape index (κ2) is 6.93. The Labute approximate surface area is 149 Å². The molecule has 1 aromatic carbocycles. The fourth-order valence-electron chi connectivity index (χ4n) is 2.67. The highest BCUT2D eigenvalue weighted by Crippen LogP contribution is 2.30. The molecular formula is C19H26N2O2S. The van der Waals surface area contributed by atoms with E-state index in [4.69, 9.17) is 17.0 Å². The zero-order valence-corrected chi connectivity index (χ0v) is 16.0. The van der Waals surface area contributed by atoms with Gasteiger partial charge in [-0.05, 0) is 49.5 Å². The van der Waals surface area contributed by atoms with Crippen LogP contribution in [0.1, 0.15) is 58.7 Å². The van der Waals surface area contributed by atoms with Crippen molar-refractivity contribution in [1.29, 1.82) is 0 Å². The number of esters is 1. The largest absolute Gasteiger partial charge is 0.459 e. The number of hydrogen-bond donors (Lipinski definition) is 2. The van der Waals surface area contributed by atoms with Crippen LogP contribution < -0.4 is 10.6 Å². The normalized spacial score (nSPS) is 18.3. The van der Waals surface area contributed by atoms with Gasteiger partial charge in [0.15, 0.2) is 5.11 Å². The number of benzene rings is 1. The minimum absolute atomic E-state index is 0.0839. The minimum atomic E-state index is -0.324. The van der Waals surface area contributed by atoms with E-state index in [0.717, 1.165) is 11.3 Å². The van der Waals surface area contributed by atoms with Gasteiger partial charge in [-0.1, -0.05) is 45.0 Å². The van der Waals surface area contributed by atoms with E-state index in [-0.39, 0.29) is 23.5 Å². The lowest BCUT2D eigenvalue weighted by atomic mass is 9.85. The van der Waals surface area contributed by atoms with Gasteiger partial charge in [0.1, 0.15) is 0 Å². The lowest BCUT2D eigenvalue weighted by molar-refractivity contribution is -0.143. The van der Waals surface area contributed by atoms with Crippen LogP contribution in [0.25, 0.3) is 0 Å². The predicted molar refractivity (Wildman–Crippen MR) is 101 cm³/mol. The monoisotopic (exact) mass is 346 g/mol. The number of rotatable bonds is 3. The lowest BCUT2D eigenvalue weighted by Gasteiger charge is -2.30. The van der Waals surface area contributed by atoms with E-state index in [1.165, 1.54) is 5.56 Å². The molecule has 24 heavy (non-hydrogen) atoms. The van der Waals surface area contributed by atoms with Gasteiger partial charge in [-0.2, -0.15) is 0 Å². The van der Waals surface area contributed by atoms with Crippen LogP contribution in [0.3, 0.4) is 0 Å². The van der Waals surface area contributed by atoms with E-state index in [1.807, 2.05) is 32.9 Å². The van der Waals surface area contributed by atoms with Crippen molar-refractivity contribution >= 4 is 23.3 Å². The molecule has 0 radical (unpaired) electrons. The van der Waals surface area contributed by atoms with E-state index >= 15 is 0 Å². The highest BCUT2D eigenvalue weighted by Gasteiger charge is 2.31. The second-order valence-electron chi connectivity index (χ2n) is 7.40. The third-order valence-electron chi connectivity index (χ3n) is 3.94. The van der Waals surface area contributed by atoms with E-state index in [1.54, 1.807) is 0 Å². The Morgan fingerprint density at radius 3 is 2.29 bits per heavy atom. The summed E-state index contributed by atoms with van der Waals surface area (Å²) in [7, 11) is 0. The molecule has 0 spiro atoms. The smallest absolute Gasteiger partial charge is 0.338 e. The fourth-order valence-corrected chi connectivity index (χ4v) is 2.94. The average Bonchev–Trinajstić information content (AvgIpc) is 2.44. The number of thiocarbonyl (C=S) groups is 1. The predicted octanol–water partition coefficient (Wildman–Crippen LogP) is 3.73. The average molecular weight is 346 g/mol. The summed E-state index contributed by atoms with van der Waals surface area (Å²) in [5, 5.41) is 6.72. The number of ether oxygens (including phenoxy) is 1. The first-order chi connectivity index (χ1) is 11.1. The molecule has 0 aliphatic carbocycles. The van der Waals surface area contributed by atoms with E-state index < -0.39 is 0 Å². The Morgan fingerprint density at radius 2 is 1.79 bits per heavy atom. The van der Waals surface area contributed by atoms with Crippen LogP contribution in [-0.4, -0.2) is 17.2 Å². The first kappa shape index (κ1) is 18.5. The SMILES string of the molecule is CC1=C(C(=O)OC(C)C)[C@H](c2ccc(C(C)(C)C)cc2)NC(=S)N1. The topological polar surface area (TPSA) is 50.4 Å². The van der Waals surface area contributed by atoms with Crippen molar-refractivity contribution in [2.75, 3.05) is 0 Å². The molecule has 1 aromatic rings. The molecule has 0 amide bonds. The maximum atomic E-state index is 12.5. The van der Waals surface area contributed by atoms with Gasteiger partial charge in [-0.15, -0.1) is 0 Å². The number of carbonyl (C=O) groups excluding carboxylic acids is 1. The summed E-state index contributed by atoms with van der Waals surface area (Å²) < 4.78 is 5.40. The summed E-state index contributed by atoms with van der Waals surface area (Å²) in [6, 6.07) is 7.98. The first-order valence-electron chi connectivity index (χ1n) is 8.19. The van der Waals surface area contributed by atoms with Gasteiger partial charge in [0.25, 0.3) is 0 Å². The fraction of sp³-hybridized carbons (Fsp3) is 0.474. The summed E-state index contributed by atoms with van der Waals surface area (Å²) in [5.41, 5.74) is 3.62. The molecule has 0 unspecified atom stereocenters. The number of carbonyl (C=O) groups is 1. The first-order valence-corrected chi connectivity index (χ1v) is 8.60. The minimum Gasteiger partial charge on any atom is -0.459 e. The van der Waals surface area contributed by atoms with E-state index in [0.29, 0.717) is 10.7 Å². The molecular weight excluding hydrogens is 320 g/mol.